The lowest BCUT2D eigenvalue weighted by atomic mass is 9.90. The number of hydrogen-bond acceptors (Lipinski definition) is 3. The highest BCUT2D eigenvalue weighted by atomic mass is 16.5. The molecule has 1 aromatic rings. The third-order valence-corrected chi connectivity index (χ3v) is 4.40. The summed E-state index contributed by atoms with van der Waals surface area (Å²) in [5.74, 6) is 0.0631. The predicted octanol–water partition coefficient (Wildman–Crippen LogP) is 1.63. The van der Waals surface area contributed by atoms with Gasteiger partial charge >= 0.3 is 0 Å². The fraction of sp³-hybridized carbons (Fsp3) is 0.562. The van der Waals surface area contributed by atoms with Crippen LogP contribution in [0.2, 0.25) is 0 Å². The first kappa shape index (κ1) is 13.6. The molecule has 0 aromatic heterocycles. The van der Waals surface area contributed by atoms with E-state index in [4.69, 9.17) is 4.74 Å². The van der Waals surface area contributed by atoms with Crippen LogP contribution in [-0.4, -0.2) is 31.2 Å². The van der Waals surface area contributed by atoms with E-state index in [1.165, 1.54) is 11.1 Å². The van der Waals surface area contributed by atoms with Gasteiger partial charge in [-0.1, -0.05) is 12.1 Å². The number of hydrogen-bond donors (Lipinski definition) is 2. The summed E-state index contributed by atoms with van der Waals surface area (Å²) < 4.78 is 5.38. The predicted molar refractivity (Wildman–Crippen MR) is 77.8 cm³/mol. The lowest BCUT2D eigenvalue weighted by molar-refractivity contribution is 0.0422. The highest BCUT2D eigenvalue weighted by Crippen LogP contribution is 2.23. The zero-order valence-corrected chi connectivity index (χ0v) is 12.0. The number of carbonyl (C=O) groups excluding carboxylic acids is 1. The van der Waals surface area contributed by atoms with E-state index >= 15 is 0 Å². The summed E-state index contributed by atoms with van der Waals surface area (Å²) >= 11 is 0. The Kier molecular flexibility index (Phi) is 3.76. The molecule has 20 heavy (non-hydrogen) atoms. The Hall–Kier alpha value is -1.39. The molecule has 0 atom stereocenters. The van der Waals surface area contributed by atoms with Crippen LogP contribution in [0.1, 0.15) is 41.3 Å². The van der Waals surface area contributed by atoms with Crippen molar-refractivity contribution in [1.29, 1.82) is 0 Å². The Morgan fingerprint density at radius 2 is 2.15 bits per heavy atom. The highest BCUT2D eigenvalue weighted by Gasteiger charge is 2.30. The first-order chi connectivity index (χ1) is 9.68. The highest BCUT2D eigenvalue weighted by molar-refractivity contribution is 5.96. The van der Waals surface area contributed by atoms with Gasteiger partial charge in [0.05, 0.1) is 0 Å². The van der Waals surface area contributed by atoms with Crippen LogP contribution in [0.15, 0.2) is 18.2 Å². The molecule has 4 heteroatoms. The minimum atomic E-state index is -0.134. The van der Waals surface area contributed by atoms with E-state index in [0.29, 0.717) is 0 Å². The number of benzene rings is 1. The zero-order chi connectivity index (χ0) is 14.0. The molecule has 4 nitrogen and oxygen atoms in total. The Morgan fingerprint density at radius 1 is 1.35 bits per heavy atom. The lowest BCUT2D eigenvalue weighted by Crippen LogP contribution is -2.49. The summed E-state index contributed by atoms with van der Waals surface area (Å²) in [6, 6.07) is 6.03. The van der Waals surface area contributed by atoms with Crippen molar-refractivity contribution in [3.63, 3.8) is 0 Å². The van der Waals surface area contributed by atoms with Gasteiger partial charge in [-0.25, -0.2) is 0 Å². The van der Waals surface area contributed by atoms with Crippen molar-refractivity contribution in [3.05, 3.63) is 34.9 Å². The second-order valence-corrected chi connectivity index (χ2v) is 6.00. The number of carbonyl (C=O) groups is 1. The number of fused-ring (bicyclic) bond motifs is 1. The van der Waals surface area contributed by atoms with Crippen molar-refractivity contribution < 1.29 is 9.53 Å². The monoisotopic (exact) mass is 274 g/mol. The van der Waals surface area contributed by atoms with E-state index in [1.807, 2.05) is 12.1 Å². The molecule has 1 fully saturated rings. The van der Waals surface area contributed by atoms with Gasteiger partial charge in [0.2, 0.25) is 0 Å². The van der Waals surface area contributed by atoms with Gasteiger partial charge in [0.25, 0.3) is 5.91 Å². The van der Waals surface area contributed by atoms with E-state index in [1.54, 1.807) is 0 Å². The van der Waals surface area contributed by atoms with Crippen LogP contribution in [0.25, 0.3) is 0 Å². The summed E-state index contributed by atoms with van der Waals surface area (Å²) in [6.45, 7) is 5.38. The van der Waals surface area contributed by atoms with E-state index < -0.39 is 0 Å². The summed E-state index contributed by atoms with van der Waals surface area (Å²) in [5.41, 5.74) is 3.17. The van der Waals surface area contributed by atoms with Gasteiger partial charge in [0.1, 0.15) is 0 Å². The Labute approximate surface area is 119 Å². The van der Waals surface area contributed by atoms with Crippen LogP contribution < -0.4 is 10.6 Å². The number of ether oxygens (including phenoxy) is 1. The Morgan fingerprint density at radius 3 is 2.95 bits per heavy atom. The topological polar surface area (TPSA) is 50.4 Å². The smallest absolute Gasteiger partial charge is 0.251 e. The van der Waals surface area contributed by atoms with Crippen LogP contribution in [-0.2, 0) is 17.7 Å². The molecule has 108 valence electrons. The van der Waals surface area contributed by atoms with Gasteiger partial charge in [0, 0.05) is 30.9 Å². The van der Waals surface area contributed by atoms with Gasteiger partial charge in [-0.2, -0.15) is 0 Å². The number of amides is 1. The molecule has 0 spiro atoms. The normalized spacial score (nSPS) is 21.1. The average molecular weight is 274 g/mol. The van der Waals surface area contributed by atoms with Crippen molar-refractivity contribution >= 4 is 5.91 Å². The summed E-state index contributed by atoms with van der Waals surface area (Å²) in [5, 5.41) is 6.57. The molecule has 2 N–H and O–H groups in total. The van der Waals surface area contributed by atoms with Crippen LogP contribution in [0, 0.1) is 0 Å². The first-order valence-corrected chi connectivity index (χ1v) is 7.40. The fourth-order valence-electron chi connectivity index (χ4n) is 3.03. The molecular weight excluding hydrogens is 252 g/mol. The summed E-state index contributed by atoms with van der Waals surface area (Å²) in [4.78, 5) is 12.6. The molecular formula is C16H22N2O2. The molecule has 2 aliphatic heterocycles. The first-order valence-electron chi connectivity index (χ1n) is 7.40. The quantitative estimate of drug-likeness (QED) is 0.862. The Balaban J connectivity index is 1.80. The fourth-order valence-corrected chi connectivity index (χ4v) is 3.03. The molecule has 2 heterocycles. The molecule has 1 saturated heterocycles. The second kappa shape index (κ2) is 5.54. The largest absolute Gasteiger partial charge is 0.381 e. The van der Waals surface area contributed by atoms with Gasteiger partial charge in [-0.15, -0.1) is 0 Å². The third-order valence-electron chi connectivity index (χ3n) is 4.40. The molecule has 0 saturated carbocycles. The van der Waals surface area contributed by atoms with Gasteiger partial charge < -0.3 is 15.4 Å². The second-order valence-electron chi connectivity index (χ2n) is 6.00. The van der Waals surface area contributed by atoms with E-state index in [9.17, 15) is 4.79 Å². The maximum Gasteiger partial charge on any atom is 0.251 e. The van der Waals surface area contributed by atoms with Crippen LogP contribution in [0.4, 0.5) is 0 Å². The van der Waals surface area contributed by atoms with Gasteiger partial charge in [-0.05, 0) is 49.9 Å². The third kappa shape index (κ3) is 2.72. The maximum absolute atomic E-state index is 12.6. The number of nitrogens with one attached hydrogen (secondary N) is 2. The molecule has 1 aromatic carbocycles. The molecule has 0 radical (unpaired) electrons. The summed E-state index contributed by atoms with van der Waals surface area (Å²) in [7, 11) is 0. The minimum Gasteiger partial charge on any atom is -0.381 e. The van der Waals surface area contributed by atoms with Crippen LogP contribution >= 0.6 is 0 Å². The van der Waals surface area contributed by atoms with Gasteiger partial charge in [-0.3, -0.25) is 4.79 Å². The number of rotatable bonds is 2. The molecule has 3 rings (SSSR count). The molecule has 2 aliphatic rings. The Bertz CT molecular complexity index is 507. The van der Waals surface area contributed by atoms with Crippen molar-refractivity contribution in [1.82, 2.24) is 10.6 Å². The van der Waals surface area contributed by atoms with Crippen molar-refractivity contribution in [3.8, 4) is 0 Å². The average Bonchev–Trinajstić information content (AvgIpc) is 2.47. The van der Waals surface area contributed by atoms with E-state index in [-0.39, 0.29) is 11.4 Å². The summed E-state index contributed by atoms with van der Waals surface area (Å²) in [6.07, 6.45) is 2.70. The maximum atomic E-state index is 12.6. The lowest BCUT2D eigenvalue weighted by Gasteiger charge is -2.35. The zero-order valence-electron chi connectivity index (χ0n) is 12.0. The molecule has 1 amide bonds. The molecule has 0 unspecified atom stereocenters. The van der Waals surface area contributed by atoms with Crippen molar-refractivity contribution in [2.24, 2.45) is 0 Å². The van der Waals surface area contributed by atoms with E-state index in [0.717, 1.165) is 51.1 Å². The van der Waals surface area contributed by atoms with Crippen LogP contribution in [0.5, 0.6) is 0 Å². The minimum absolute atomic E-state index is 0.0631. The molecule has 0 aliphatic carbocycles. The van der Waals surface area contributed by atoms with Crippen molar-refractivity contribution in [2.75, 3.05) is 19.8 Å². The van der Waals surface area contributed by atoms with Gasteiger partial charge in [0.15, 0.2) is 0 Å². The standard InChI is InChI=1S/C16H22N2O2/c1-16(6-9-20-10-7-16)18-15(19)14-4-2-3-12-11-17-8-5-13(12)14/h2-4,17H,5-11H2,1H3,(H,18,19). The van der Waals surface area contributed by atoms with Crippen molar-refractivity contribution in [2.45, 2.75) is 38.3 Å². The SMILES string of the molecule is CC1(NC(=O)c2cccc3c2CCNC3)CCOCC1. The van der Waals surface area contributed by atoms with E-state index in [2.05, 4.69) is 23.6 Å². The molecule has 0 bridgehead atoms. The van der Waals surface area contributed by atoms with Crippen LogP contribution in [0.3, 0.4) is 0 Å².